The van der Waals surface area contributed by atoms with Crippen molar-refractivity contribution < 1.29 is 22.4 Å². The van der Waals surface area contributed by atoms with Gasteiger partial charge in [-0.15, -0.1) is 0 Å². The maximum absolute atomic E-state index is 11.9. The standard InChI is InChI=1S/C11H16F3N3O2/c1-15-8-4-2-3-7(8)10-16-9(17-19-10)5-18-6-11(12,13)14/h7-8,15H,2-6H2,1H3. The van der Waals surface area contributed by atoms with Crippen LogP contribution < -0.4 is 5.32 Å². The van der Waals surface area contributed by atoms with Crippen molar-refractivity contribution in [2.75, 3.05) is 13.7 Å². The van der Waals surface area contributed by atoms with Crippen molar-refractivity contribution in [2.45, 2.75) is 44.0 Å². The van der Waals surface area contributed by atoms with Crippen molar-refractivity contribution in [3.8, 4) is 0 Å². The number of alkyl halides is 3. The zero-order valence-corrected chi connectivity index (χ0v) is 10.5. The molecule has 2 rings (SSSR count). The van der Waals surface area contributed by atoms with E-state index in [1.807, 2.05) is 7.05 Å². The Hall–Kier alpha value is -1.15. The third-order valence-corrected chi connectivity index (χ3v) is 3.18. The number of halogens is 3. The molecule has 0 spiro atoms. The van der Waals surface area contributed by atoms with Gasteiger partial charge in [-0.2, -0.15) is 18.2 Å². The van der Waals surface area contributed by atoms with Crippen LogP contribution >= 0.6 is 0 Å². The Morgan fingerprint density at radius 2 is 2.21 bits per heavy atom. The average molecular weight is 279 g/mol. The number of hydrogen-bond acceptors (Lipinski definition) is 5. The van der Waals surface area contributed by atoms with Crippen molar-refractivity contribution in [1.29, 1.82) is 0 Å². The first-order valence-electron chi connectivity index (χ1n) is 6.14. The lowest BCUT2D eigenvalue weighted by Crippen LogP contribution is -2.27. The molecule has 1 fully saturated rings. The van der Waals surface area contributed by atoms with Gasteiger partial charge < -0.3 is 14.6 Å². The van der Waals surface area contributed by atoms with E-state index in [0.717, 1.165) is 19.3 Å². The Labute approximate surface area is 108 Å². The topological polar surface area (TPSA) is 60.2 Å². The van der Waals surface area contributed by atoms with Crippen LogP contribution in [0.15, 0.2) is 4.52 Å². The van der Waals surface area contributed by atoms with Gasteiger partial charge in [0.25, 0.3) is 0 Å². The van der Waals surface area contributed by atoms with Gasteiger partial charge >= 0.3 is 6.18 Å². The first kappa shape index (κ1) is 14.3. The van der Waals surface area contributed by atoms with Crippen LogP contribution in [-0.4, -0.2) is 36.0 Å². The molecule has 1 N–H and O–H groups in total. The number of aromatic nitrogens is 2. The van der Waals surface area contributed by atoms with E-state index in [9.17, 15) is 13.2 Å². The molecule has 0 bridgehead atoms. The molecular weight excluding hydrogens is 263 g/mol. The van der Waals surface area contributed by atoms with Crippen LogP contribution in [0, 0.1) is 0 Å². The van der Waals surface area contributed by atoms with Gasteiger partial charge in [0, 0.05) is 6.04 Å². The maximum Gasteiger partial charge on any atom is 0.411 e. The highest BCUT2D eigenvalue weighted by Gasteiger charge is 2.32. The zero-order chi connectivity index (χ0) is 13.9. The van der Waals surface area contributed by atoms with Gasteiger partial charge in [-0.25, -0.2) is 0 Å². The van der Waals surface area contributed by atoms with Gasteiger partial charge in [0.2, 0.25) is 5.89 Å². The number of hydrogen-bond donors (Lipinski definition) is 1. The number of rotatable bonds is 5. The predicted octanol–water partition coefficient (Wildman–Crippen LogP) is 2.00. The summed E-state index contributed by atoms with van der Waals surface area (Å²) in [5.41, 5.74) is 0. The second-order valence-corrected chi connectivity index (χ2v) is 4.59. The second kappa shape index (κ2) is 5.87. The molecule has 2 unspecified atom stereocenters. The van der Waals surface area contributed by atoms with E-state index in [-0.39, 0.29) is 24.4 Å². The molecule has 108 valence electrons. The number of nitrogens with one attached hydrogen (secondary N) is 1. The summed E-state index contributed by atoms with van der Waals surface area (Å²) in [6.45, 7) is -1.60. The first-order valence-corrected chi connectivity index (χ1v) is 6.14. The van der Waals surface area contributed by atoms with Crippen LogP contribution in [0.4, 0.5) is 13.2 Å². The average Bonchev–Trinajstić information content (AvgIpc) is 2.93. The van der Waals surface area contributed by atoms with Crippen molar-refractivity contribution in [1.82, 2.24) is 15.5 Å². The molecule has 0 amide bonds. The highest BCUT2D eigenvalue weighted by atomic mass is 19.4. The number of ether oxygens (including phenoxy) is 1. The Kier molecular flexibility index (Phi) is 4.41. The molecule has 5 nitrogen and oxygen atoms in total. The van der Waals surface area contributed by atoms with E-state index >= 15 is 0 Å². The molecule has 2 atom stereocenters. The fourth-order valence-electron chi connectivity index (χ4n) is 2.34. The fraction of sp³-hybridized carbons (Fsp3) is 0.818. The molecule has 1 saturated carbocycles. The molecule has 8 heteroatoms. The van der Waals surface area contributed by atoms with E-state index in [4.69, 9.17) is 4.52 Å². The molecule has 0 aliphatic heterocycles. The highest BCUT2D eigenvalue weighted by molar-refractivity contribution is 5.02. The lowest BCUT2D eigenvalue weighted by Gasteiger charge is -2.14. The summed E-state index contributed by atoms with van der Waals surface area (Å²) in [4.78, 5) is 4.10. The minimum atomic E-state index is -4.34. The van der Waals surface area contributed by atoms with Crippen molar-refractivity contribution in [3.63, 3.8) is 0 Å². The fourth-order valence-corrected chi connectivity index (χ4v) is 2.34. The molecule has 19 heavy (non-hydrogen) atoms. The van der Waals surface area contributed by atoms with E-state index in [1.165, 1.54) is 0 Å². The highest BCUT2D eigenvalue weighted by Crippen LogP contribution is 2.33. The molecule has 1 aliphatic rings. The molecule has 0 aromatic carbocycles. The normalized spacial score (nSPS) is 24.0. The molecule has 1 aliphatic carbocycles. The van der Waals surface area contributed by atoms with E-state index in [2.05, 4.69) is 20.2 Å². The lowest BCUT2D eigenvalue weighted by molar-refractivity contribution is -0.177. The first-order chi connectivity index (χ1) is 8.99. The molecular formula is C11H16F3N3O2. The summed E-state index contributed by atoms with van der Waals surface area (Å²) >= 11 is 0. The second-order valence-electron chi connectivity index (χ2n) is 4.59. The summed E-state index contributed by atoms with van der Waals surface area (Å²) in [5, 5.41) is 6.82. The zero-order valence-electron chi connectivity index (χ0n) is 10.5. The molecule has 1 aromatic heterocycles. The monoisotopic (exact) mass is 279 g/mol. The Morgan fingerprint density at radius 3 is 2.89 bits per heavy atom. The van der Waals surface area contributed by atoms with Gasteiger partial charge in [-0.3, -0.25) is 0 Å². The summed E-state index contributed by atoms with van der Waals surface area (Å²) in [6.07, 6.45) is -1.30. The van der Waals surface area contributed by atoms with Crippen LogP contribution in [0.3, 0.4) is 0 Å². The van der Waals surface area contributed by atoms with Gasteiger partial charge in [0.1, 0.15) is 13.2 Å². The van der Waals surface area contributed by atoms with Crippen molar-refractivity contribution >= 4 is 0 Å². The number of nitrogens with zero attached hydrogens (tertiary/aromatic N) is 2. The van der Waals surface area contributed by atoms with Crippen LogP contribution in [0.25, 0.3) is 0 Å². The van der Waals surface area contributed by atoms with Crippen LogP contribution in [-0.2, 0) is 11.3 Å². The Balaban J connectivity index is 1.88. The van der Waals surface area contributed by atoms with E-state index in [0.29, 0.717) is 5.89 Å². The summed E-state index contributed by atoms with van der Waals surface area (Å²) in [6, 6.07) is 0.282. The summed E-state index contributed by atoms with van der Waals surface area (Å²) in [5.74, 6) is 0.761. The quantitative estimate of drug-likeness (QED) is 0.893. The maximum atomic E-state index is 11.9. The lowest BCUT2D eigenvalue weighted by atomic mass is 10.0. The van der Waals surface area contributed by atoms with Gasteiger partial charge in [0.15, 0.2) is 5.82 Å². The van der Waals surface area contributed by atoms with E-state index in [1.54, 1.807) is 0 Å². The smallest absolute Gasteiger partial charge is 0.364 e. The predicted molar refractivity (Wildman–Crippen MR) is 59.4 cm³/mol. The SMILES string of the molecule is CNC1CCCC1c1nc(COCC(F)(F)F)no1. The van der Waals surface area contributed by atoms with Gasteiger partial charge in [-0.1, -0.05) is 11.6 Å². The van der Waals surface area contributed by atoms with Crippen LogP contribution in [0.5, 0.6) is 0 Å². The third kappa shape index (κ3) is 3.90. The molecule has 0 radical (unpaired) electrons. The van der Waals surface area contributed by atoms with Gasteiger partial charge in [0.05, 0.1) is 5.92 Å². The summed E-state index contributed by atoms with van der Waals surface area (Å²) in [7, 11) is 1.87. The van der Waals surface area contributed by atoms with E-state index < -0.39 is 12.8 Å². The minimum absolute atomic E-state index is 0.133. The molecule has 0 saturated heterocycles. The van der Waals surface area contributed by atoms with Gasteiger partial charge in [-0.05, 0) is 19.9 Å². The Bertz CT molecular complexity index is 408. The summed E-state index contributed by atoms with van der Waals surface area (Å²) < 4.78 is 45.3. The number of likely N-dealkylation sites (N-methyl/N-ethyl adjacent to an activating group) is 1. The largest absolute Gasteiger partial charge is 0.411 e. The minimum Gasteiger partial charge on any atom is -0.364 e. The third-order valence-electron chi connectivity index (χ3n) is 3.18. The van der Waals surface area contributed by atoms with Crippen LogP contribution in [0.2, 0.25) is 0 Å². The molecule has 1 heterocycles. The molecule has 1 aromatic rings. The van der Waals surface area contributed by atoms with Crippen molar-refractivity contribution in [3.05, 3.63) is 11.7 Å². The van der Waals surface area contributed by atoms with Crippen molar-refractivity contribution in [2.24, 2.45) is 0 Å². The Morgan fingerprint density at radius 1 is 1.42 bits per heavy atom. The van der Waals surface area contributed by atoms with Crippen LogP contribution in [0.1, 0.15) is 36.9 Å².